The van der Waals surface area contributed by atoms with Gasteiger partial charge in [-0.15, -0.1) is 0 Å². The summed E-state index contributed by atoms with van der Waals surface area (Å²) >= 11 is 0. The van der Waals surface area contributed by atoms with Crippen molar-refractivity contribution in [2.45, 2.75) is 12.5 Å². The lowest BCUT2D eigenvalue weighted by Gasteiger charge is -2.25. The highest BCUT2D eigenvalue weighted by molar-refractivity contribution is 5.67. The van der Waals surface area contributed by atoms with Gasteiger partial charge in [0.1, 0.15) is 12.6 Å². The molecule has 0 bridgehead atoms. The van der Waals surface area contributed by atoms with Crippen molar-refractivity contribution in [1.29, 1.82) is 0 Å². The molecule has 0 aliphatic heterocycles. The lowest BCUT2D eigenvalue weighted by molar-refractivity contribution is -0.873. The first kappa shape index (κ1) is 1.83. The number of carboxylic acids is 1. The fourth-order valence-corrected chi connectivity index (χ4v) is 0.333. The Morgan fingerprint density at radius 1 is 1.73 bits per heavy atom. The molecule has 0 aromatic carbocycles. The standard InChI is InChI=1S/C7H15NO3/c1-8(2,3)5-6(9)4-7(10)11/h6,9H,4-5H2,1-3H3/p+1/t6-/m1/s1/i1D3,2D3,3D3,4D2,5D2. The summed E-state index contributed by atoms with van der Waals surface area (Å²) in [6.45, 7) is -16.6. The van der Waals surface area contributed by atoms with Gasteiger partial charge in [0.05, 0.1) is 42.4 Å². The molecule has 0 aromatic rings. The van der Waals surface area contributed by atoms with Gasteiger partial charge in [-0.1, -0.05) is 0 Å². The number of hydrogen-bond donors (Lipinski definition) is 2. The van der Waals surface area contributed by atoms with E-state index in [2.05, 4.69) is 0 Å². The van der Waals surface area contributed by atoms with E-state index in [1.54, 1.807) is 0 Å². The minimum atomic E-state index is -4.26. The maximum absolute atomic E-state index is 10.9. The van der Waals surface area contributed by atoms with E-state index >= 15 is 0 Å². The van der Waals surface area contributed by atoms with Crippen molar-refractivity contribution in [1.82, 2.24) is 0 Å². The summed E-state index contributed by atoms with van der Waals surface area (Å²) in [5, 5.41) is 18.5. The highest BCUT2D eigenvalue weighted by Crippen LogP contribution is 1.98. The third-order valence-corrected chi connectivity index (χ3v) is 0.576. The number of rotatable bonds is 4. The number of carboxylic acid groups (broad SMARTS) is 1. The fraction of sp³-hybridized carbons (Fsp3) is 0.857. The molecule has 0 aliphatic carbocycles. The first-order valence-corrected chi connectivity index (χ1v) is 2.41. The lowest BCUT2D eigenvalue weighted by Crippen LogP contribution is -2.42. The Morgan fingerprint density at radius 3 is 2.64 bits per heavy atom. The van der Waals surface area contributed by atoms with E-state index in [0.717, 1.165) is 0 Å². The molecule has 1 atom stereocenters. The molecular weight excluding hydrogens is 146 g/mol. The van der Waals surface area contributed by atoms with Crippen LogP contribution in [0.5, 0.6) is 0 Å². The molecule has 0 saturated carbocycles. The average molecular weight is 175 g/mol. The molecule has 4 nitrogen and oxygen atoms in total. The Kier molecular flexibility index (Phi) is 0.612. The summed E-state index contributed by atoms with van der Waals surface area (Å²) in [4.78, 5) is 10.9. The van der Waals surface area contributed by atoms with Crippen LogP contribution in [0, 0.1) is 0 Å². The largest absolute Gasteiger partial charge is 0.481 e. The van der Waals surface area contributed by atoms with Gasteiger partial charge in [-0.25, -0.2) is 0 Å². The second-order valence-electron chi connectivity index (χ2n) is 1.65. The van der Waals surface area contributed by atoms with Crippen molar-refractivity contribution >= 4 is 5.97 Å². The summed E-state index contributed by atoms with van der Waals surface area (Å²) < 4.78 is 91.7. The number of aliphatic hydroxyl groups is 1. The van der Waals surface area contributed by atoms with E-state index in [1.165, 1.54) is 0 Å². The van der Waals surface area contributed by atoms with Crippen molar-refractivity contribution in [2.24, 2.45) is 0 Å². The number of carbonyl (C=O) groups is 1. The summed E-state index contributed by atoms with van der Waals surface area (Å²) in [6.07, 6.45) is -7.29. The maximum atomic E-state index is 10.9. The monoisotopic (exact) mass is 175 g/mol. The second-order valence-corrected chi connectivity index (χ2v) is 1.65. The van der Waals surface area contributed by atoms with Gasteiger partial charge in [-0.3, -0.25) is 4.79 Å². The van der Waals surface area contributed by atoms with Gasteiger partial charge in [-0.05, 0) is 0 Å². The zero-order valence-corrected chi connectivity index (χ0v) is 5.33. The molecule has 0 spiro atoms. The lowest BCUT2D eigenvalue weighted by atomic mass is 10.2. The van der Waals surface area contributed by atoms with Gasteiger partial charge < -0.3 is 14.7 Å². The van der Waals surface area contributed by atoms with Crippen LogP contribution in [0.4, 0.5) is 0 Å². The molecule has 0 rings (SSSR count). The van der Waals surface area contributed by atoms with Crippen molar-refractivity contribution in [3.8, 4) is 0 Å². The highest BCUT2D eigenvalue weighted by Gasteiger charge is 2.17. The SMILES string of the molecule is [2H]C([2H])(C(=O)O)[C@@H](O)C([2H])([2H])[N+](C([2H])([2H])[2H])(C([2H])([2H])[2H])C([2H])([2H])[2H]. The molecular formula is C7H16NO3+. The Bertz CT molecular complexity index is 453. The van der Waals surface area contributed by atoms with Gasteiger partial charge >= 0.3 is 5.97 Å². The fourth-order valence-electron chi connectivity index (χ4n) is 0.333. The predicted molar refractivity (Wildman–Crippen MR) is 41.2 cm³/mol. The van der Waals surface area contributed by atoms with Crippen LogP contribution in [0.3, 0.4) is 0 Å². The minimum absolute atomic E-state index is 2.43. The van der Waals surface area contributed by atoms with Crippen LogP contribution < -0.4 is 0 Å². The summed E-state index contributed by atoms with van der Waals surface area (Å²) in [6, 6.07) is 0. The van der Waals surface area contributed by atoms with E-state index in [-0.39, 0.29) is 0 Å². The normalized spacial score (nSPS) is 38.1. The number of likely N-dealkylation sites (N-methyl/N-ethyl adjacent to an activating group) is 1. The van der Waals surface area contributed by atoms with Crippen molar-refractivity contribution in [3.63, 3.8) is 0 Å². The van der Waals surface area contributed by atoms with E-state index in [0.29, 0.717) is 0 Å². The molecule has 0 fully saturated rings. The third kappa shape index (κ3) is 7.29. The number of quaternary nitrogens is 1. The number of hydrogen-bond acceptors (Lipinski definition) is 2. The first-order chi connectivity index (χ1) is 10.1. The van der Waals surface area contributed by atoms with Gasteiger partial charge in [-0.2, -0.15) is 0 Å². The number of nitrogens with zero attached hydrogens (tertiary/aromatic N) is 1. The van der Waals surface area contributed by atoms with Gasteiger partial charge in [0.25, 0.3) is 0 Å². The molecule has 0 saturated heterocycles. The number of aliphatic carboxylic acids is 1. The van der Waals surface area contributed by atoms with Crippen molar-refractivity contribution < 1.29 is 37.3 Å². The molecule has 0 unspecified atom stereocenters. The summed E-state index contributed by atoms with van der Waals surface area (Å²) in [5.41, 5.74) is 0. The van der Waals surface area contributed by atoms with Gasteiger partial charge in [0.15, 0.2) is 0 Å². The summed E-state index contributed by atoms with van der Waals surface area (Å²) in [7, 11) is 0. The number of aliphatic hydroxyl groups excluding tert-OH is 1. The first-order valence-electron chi connectivity index (χ1n) is 8.91. The quantitative estimate of drug-likeness (QED) is 0.568. The van der Waals surface area contributed by atoms with Crippen LogP contribution in [0.1, 0.15) is 24.2 Å². The zero-order chi connectivity index (χ0) is 20.2. The molecule has 4 heteroatoms. The Labute approximate surface area is 84.9 Å². The molecule has 0 aliphatic rings. The Balaban J connectivity index is 6.95. The molecule has 66 valence electrons. The van der Waals surface area contributed by atoms with Crippen LogP contribution in [-0.4, -0.2) is 54.2 Å². The van der Waals surface area contributed by atoms with E-state index in [1.807, 2.05) is 0 Å². The molecule has 0 aromatic heterocycles. The molecule has 2 N–H and O–H groups in total. The second kappa shape index (κ2) is 3.69. The summed E-state index contributed by atoms with van der Waals surface area (Å²) in [5.74, 6) is -2.43. The van der Waals surface area contributed by atoms with Crippen LogP contribution in [-0.2, 0) is 4.79 Å². The molecule has 0 radical (unpaired) electrons. The van der Waals surface area contributed by atoms with Crippen LogP contribution in [0.2, 0.25) is 0 Å². The predicted octanol–water partition coefficient (Wildman–Crippen LogP) is -0.472. The maximum Gasteiger partial charge on any atom is 0.306 e. The Hall–Kier alpha value is -0.610. The average Bonchev–Trinajstić information content (AvgIpc) is 2.20. The van der Waals surface area contributed by atoms with E-state index in [4.69, 9.17) is 22.9 Å². The molecule has 11 heavy (non-hydrogen) atoms. The molecule has 0 heterocycles. The van der Waals surface area contributed by atoms with Crippen molar-refractivity contribution in [2.75, 3.05) is 27.4 Å². The van der Waals surface area contributed by atoms with Gasteiger partial charge in [0, 0.05) is 2.74 Å². The smallest absolute Gasteiger partial charge is 0.306 e. The van der Waals surface area contributed by atoms with E-state index in [9.17, 15) is 9.90 Å². The Morgan fingerprint density at radius 2 is 2.27 bits per heavy atom. The third-order valence-electron chi connectivity index (χ3n) is 0.576. The van der Waals surface area contributed by atoms with Crippen LogP contribution in [0.25, 0.3) is 0 Å². The zero-order valence-electron chi connectivity index (χ0n) is 18.3. The minimum Gasteiger partial charge on any atom is -0.481 e. The van der Waals surface area contributed by atoms with Gasteiger partial charge in [0.2, 0.25) is 0 Å². The van der Waals surface area contributed by atoms with E-state index < -0.39 is 50.4 Å². The molecule has 0 amide bonds. The van der Waals surface area contributed by atoms with Crippen molar-refractivity contribution in [3.05, 3.63) is 0 Å². The van der Waals surface area contributed by atoms with Crippen LogP contribution in [0.15, 0.2) is 0 Å². The highest BCUT2D eigenvalue weighted by atomic mass is 16.4. The topological polar surface area (TPSA) is 57.5 Å². The van der Waals surface area contributed by atoms with Crippen LogP contribution >= 0.6 is 0 Å².